The lowest BCUT2D eigenvalue weighted by Gasteiger charge is -2.13. The molecule has 0 radical (unpaired) electrons. The Bertz CT molecular complexity index is 427. The number of aliphatic hydroxyl groups excluding tert-OH is 1. The Morgan fingerprint density at radius 1 is 0.931 bits per heavy atom. The molecule has 1 N–H and O–H groups in total. The quantitative estimate of drug-likeness (QED) is 0.365. The Balaban J connectivity index is -0.000000330. The molecule has 0 amide bonds. The van der Waals surface area contributed by atoms with E-state index in [0.29, 0.717) is 0 Å². The maximum Gasteiger partial charge on any atom is 0.302 e. The molecule has 2 atom stereocenters. The summed E-state index contributed by atoms with van der Waals surface area (Å²) in [6.07, 6.45) is 12.1. The molecule has 0 spiro atoms. The summed E-state index contributed by atoms with van der Waals surface area (Å²) in [6, 6.07) is 5.72. The van der Waals surface area contributed by atoms with E-state index in [9.17, 15) is 9.59 Å². The minimum atomic E-state index is -0.361. The third kappa shape index (κ3) is 37.9. The van der Waals surface area contributed by atoms with Gasteiger partial charge in [0.2, 0.25) is 5.24 Å². The normalized spacial score (nSPS) is 11.2. The number of pyridine rings is 1. The van der Waals surface area contributed by atoms with Gasteiger partial charge in [0, 0.05) is 26.2 Å². The summed E-state index contributed by atoms with van der Waals surface area (Å²) in [5.74, 6) is -0.159. The van der Waals surface area contributed by atoms with Gasteiger partial charge in [0.15, 0.2) is 0 Å². The van der Waals surface area contributed by atoms with E-state index in [1.807, 2.05) is 32.0 Å². The summed E-state index contributed by atoms with van der Waals surface area (Å²) in [6.45, 7) is 11.1. The van der Waals surface area contributed by atoms with E-state index in [-0.39, 0.29) is 23.4 Å². The van der Waals surface area contributed by atoms with Crippen molar-refractivity contribution in [2.24, 2.45) is 0 Å². The van der Waals surface area contributed by atoms with Crippen LogP contribution in [0.1, 0.15) is 92.9 Å². The van der Waals surface area contributed by atoms with Crippen LogP contribution in [0.2, 0.25) is 0 Å². The molecule has 1 aromatic heterocycles. The fourth-order valence-electron chi connectivity index (χ4n) is 1.97. The number of hydrogen-bond acceptors (Lipinski definition) is 5. The Morgan fingerprint density at radius 3 is 1.69 bits per heavy atom. The first-order valence-electron chi connectivity index (χ1n) is 10.6. The van der Waals surface area contributed by atoms with Crippen LogP contribution in [0.25, 0.3) is 0 Å². The Kier molecular flexibility index (Phi) is 29.5. The van der Waals surface area contributed by atoms with Crippen molar-refractivity contribution in [1.82, 2.24) is 4.98 Å². The molecule has 0 aromatic carbocycles. The van der Waals surface area contributed by atoms with Crippen molar-refractivity contribution < 1.29 is 19.4 Å². The number of halogens is 1. The maximum absolute atomic E-state index is 10.6. The highest BCUT2D eigenvalue weighted by Crippen LogP contribution is 2.08. The first-order valence-corrected chi connectivity index (χ1v) is 11.0. The van der Waals surface area contributed by atoms with Gasteiger partial charge in [0.25, 0.3) is 0 Å². The lowest BCUT2D eigenvalue weighted by atomic mass is 10.1. The summed E-state index contributed by atoms with van der Waals surface area (Å²) in [5, 5.41) is 8.63. The van der Waals surface area contributed by atoms with Crippen molar-refractivity contribution in [3.63, 3.8) is 0 Å². The van der Waals surface area contributed by atoms with Crippen molar-refractivity contribution in [3.05, 3.63) is 30.6 Å². The van der Waals surface area contributed by atoms with Gasteiger partial charge in [0.05, 0.1) is 6.10 Å². The molecule has 0 saturated heterocycles. The second kappa shape index (κ2) is 26.5. The number of carbonyl (C=O) groups excluding carboxylic acids is 2. The minimum absolute atomic E-state index is 0.0463. The van der Waals surface area contributed by atoms with Crippen LogP contribution in [0, 0.1) is 0 Å². The second-order valence-corrected chi connectivity index (χ2v) is 7.01. The average molecular weight is 432 g/mol. The van der Waals surface area contributed by atoms with Crippen LogP contribution in [0.3, 0.4) is 0 Å². The van der Waals surface area contributed by atoms with Gasteiger partial charge in [-0.15, -0.1) is 0 Å². The largest absolute Gasteiger partial charge is 0.463 e. The molecule has 170 valence electrons. The molecular formula is C23H42ClNO4. The monoisotopic (exact) mass is 431 g/mol. The minimum Gasteiger partial charge on any atom is -0.463 e. The third-order valence-electron chi connectivity index (χ3n) is 3.60. The van der Waals surface area contributed by atoms with Gasteiger partial charge in [-0.3, -0.25) is 14.6 Å². The smallest absolute Gasteiger partial charge is 0.302 e. The lowest BCUT2D eigenvalue weighted by molar-refractivity contribution is -0.146. The second-order valence-electron chi connectivity index (χ2n) is 6.48. The summed E-state index contributed by atoms with van der Waals surface area (Å²) < 4.78 is 5.06. The summed E-state index contributed by atoms with van der Waals surface area (Å²) in [7, 11) is 0. The van der Waals surface area contributed by atoms with Crippen LogP contribution >= 0.6 is 11.6 Å². The molecule has 6 heteroatoms. The SMILES string of the molecule is CC(=O)Cl.CCCC[C@@H](CC)OC(C)=O.CCCC[C@H](O)CC.c1ccncc1. The number of nitrogens with zero attached hydrogens (tertiary/aromatic N) is 1. The molecule has 0 aliphatic rings. The number of aromatic nitrogens is 1. The van der Waals surface area contributed by atoms with Crippen molar-refractivity contribution >= 4 is 22.8 Å². The van der Waals surface area contributed by atoms with Crippen LogP contribution in [-0.2, 0) is 14.3 Å². The van der Waals surface area contributed by atoms with E-state index in [4.69, 9.17) is 9.84 Å². The van der Waals surface area contributed by atoms with Gasteiger partial charge in [0.1, 0.15) is 6.10 Å². The van der Waals surface area contributed by atoms with E-state index in [0.717, 1.165) is 44.9 Å². The molecule has 0 saturated carbocycles. The molecule has 5 nitrogen and oxygen atoms in total. The van der Waals surface area contributed by atoms with Crippen LogP contribution in [0.5, 0.6) is 0 Å². The number of unbranched alkanes of at least 4 members (excludes halogenated alkanes) is 2. The molecular weight excluding hydrogens is 390 g/mol. The molecule has 0 bridgehead atoms. The number of rotatable bonds is 9. The molecule has 0 fully saturated rings. The van der Waals surface area contributed by atoms with E-state index in [2.05, 4.69) is 30.4 Å². The van der Waals surface area contributed by atoms with Gasteiger partial charge in [-0.2, -0.15) is 0 Å². The maximum atomic E-state index is 10.6. The lowest BCUT2D eigenvalue weighted by Crippen LogP contribution is -2.14. The van der Waals surface area contributed by atoms with Gasteiger partial charge in [-0.05, 0) is 49.4 Å². The van der Waals surface area contributed by atoms with Crippen LogP contribution in [0.4, 0.5) is 0 Å². The van der Waals surface area contributed by atoms with Crippen molar-refractivity contribution in [3.8, 4) is 0 Å². The number of hydrogen-bond donors (Lipinski definition) is 1. The summed E-state index contributed by atoms with van der Waals surface area (Å²) in [5.41, 5.74) is 0. The highest BCUT2D eigenvalue weighted by atomic mass is 35.5. The van der Waals surface area contributed by atoms with Gasteiger partial charge in [-0.1, -0.05) is 59.4 Å². The predicted octanol–water partition coefficient (Wildman–Crippen LogP) is 6.32. The number of ether oxygens (including phenoxy) is 1. The fraction of sp³-hybridized carbons (Fsp3) is 0.696. The molecule has 0 aliphatic carbocycles. The first-order chi connectivity index (χ1) is 13.7. The van der Waals surface area contributed by atoms with Gasteiger partial charge >= 0.3 is 5.97 Å². The van der Waals surface area contributed by atoms with Crippen LogP contribution in [0.15, 0.2) is 30.6 Å². The topological polar surface area (TPSA) is 76.5 Å². The number of esters is 1. The van der Waals surface area contributed by atoms with Crippen molar-refractivity contribution in [1.29, 1.82) is 0 Å². The highest BCUT2D eigenvalue weighted by Gasteiger charge is 2.07. The van der Waals surface area contributed by atoms with E-state index in [1.54, 1.807) is 12.4 Å². The zero-order valence-electron chi connectivity index (χ0n) is 19.2. The third-order valence-corrected chi connectivity index (χ3v) is 3.60. The molecule has 29 heavy (non-hydrogen) atoms. The Morgan fingerprint density at radius 2 is 1.41 bits per heavy atom. The first kappa shape index (κ1) is 32.2. The zero-order chi connectivity index (χ0) is 22.9. The van der Waals surface area contributed by atoms with Crippen molar-refractivity contribution in [2.45, 2.75) is 105 Å². The van der Waals surface area contributed by atoms with E-state index in [1.165, 1.54) is 20.3 Å². The number of aliphatic hydroxyl groups is 1. The fourth-order valence-corrected chi connectivity index (χ4v) is 1.97. The Hall–Kier alpha value is -1.46. The molecule has 0 aliphatic heterocycles. The highest BCUT2D eigenvalue weighted by molar-refractivity contribution is 6.62. The van der Waals surface area contributed by atoms with Gasteiger partial charge < -0.3 is 9.84 Å². The molecule has 1 aromatic rings. The predicted molar refractivity (Wildman–Crippen MR) is 122 cm³/mol. The summed E-state index contributed by atoms with van der Waals surface area (Å²) >= 11 is 4.64. The molecule has 1 rings (SSSR count). The van der Waals surface area contributed by atoms with Crippen LogP contribution < -0.4 is 0 Å². The standard InChI is InChI=1S/C9H18O2.C7H16O.C5H5N.C2H3ClO/c1-4-6-7-9(5-2)11-8(3)10;1-3-5-6-7(8)4-2;1-2-4-6-5-3-1;1-2(3)4/h9H,4-7H2,1-3H3;7-8H,3-6H2,1-2H3;1-5H;1H3/t9-;7-;;/m11../s1. The molecule has 0 unspecified atom stereocenters. The molecule has 1 heterocycles. The Labute approximate surface area is 183 Å². The average Bonchev–Trinajstić information content (AvgIpc) is 2.70. The van der Waals surface area contributed by atoms with Crippen molar-refractivity contribution in [2.75, 3.05) is 0 Å². The van der Waals surface area contributed by atoms with E-state index >= 15 is 0 Å². The number of carbonyl (C=O) groups is 2. The van der Waals surface area contributed by atoms with Crippen LogP contribution in [-0.4, -0.2) is 33.5 Å². The zero-order valence-corrected chi connectivity index (χ0v) is 20.0. The van der Waals surface area contributed by atoms with E-state index < -0.39 is 0 Å². The summed E-state index contributed by atoms with van der Waals surface area (Å²) in [4.78, 5) is 23.5. The van der Waals surface area contributed by atoms with Gasteiger partial charge in [-0.25, -0.2) is 0 Å².